The molecule has 0 spiro atoms. The number of hydrogen-bond donors (Lipinski definition) is 0. The Morgan fingerprint density at radius 2 is 1.47 bits per heavy atom. The molecule has 0 aliphatic carbocycles. The number of nitrogens with zero attached hydrogens (tertiary/aromatic N) is 1. The zero-order valence-corrected chi connectivity index (χ0v) is 17.4. The number of hydrogen-bond acceptors (Lipinski definition) is 2. The van der Waals surface area contributed by atoms with Crippen molar-refractivity contribution in [3.63, 3.8) is 0 Å². The molecular weight excluding hydrogens is 365 g/mol. The van der Waals surface area contributed by atoms with Crippen molar-refractivity contribution >= 4 is 34.6 Å². The van der Waals surface area contributed by atoms with Crippen molar-refractivity contribution in [2.45, 2.75) is 79.6 Å². The van der Waals surface area contributed by atoms with E-state index in [-0.39, 0.29) is 15.8 Å². The van der Waals surface area contributed by atoms with E-state index in [1.807, 2.05) is 11.8 Å². The first kappa shape index (κ1) is 19.8. The van der Waals surface area contributed by atoms with Gasteiger partial charge in [-0.05, 0) is 58.3 Å². The maximum atomic E-state index is 2.52. The highest BCUT2D eigenvalue weighted by Gasteiger charge is 2.47. The van der Waals surface area contributed by atoms with Crippen LogP contribution in [0.1, 0.15) is 69.2 Å². The average Bonchev–Trinajstić information content (AvgIpc) is 2.24. The van der Waals surface area contributed by atoms with Gasteiger partial charge in [0, 0.05) is 28.4 Å². The molecule has 0 aromatic rings. The lowest BCUT2D eigenvalue weighted by Gasteiger charge is -2.53. The Kier molecular flexibility index (Phi) is 6.97. The van der Waals surface area contributed by atoms with E-state index >= 15 is 0 Å². The van der Waals surface area contributed by atoms with Gasteiger partial charge in [-0.3, -0.25) is 0 Å². The van der Waals surface area contributed by atoms with Crippen molar-refractivity contribution in [3.05, 3.63) is 11.0 Å². The topological polar surface area (TPSA) is 3.24 Å². The SMILES string of the molecule is CC(C)=CSC(C)(C)N(I)C(C)(C)C(C)(C)C(C)C. The molecule has 0 fully saturated rings. The molecule has 0 N–H and O–H groups in total. The van der Waals surface area contributed by atoms with Crippen LogP contribution in [0.15, 0.2) is 11.0 Å². The average molecular weight is 397 g/mol. The van der Waals surface area contributed by atoms with Crippen LogP contribution in [-0.2, 0) is 0 Å². The molecule has 0 aromatic heterocycles. The van der Waals surface area contributed by atoms with Crippen molar-refractivity contribution in [3.8, 4) is 0 Å². The molecule has 3 heteroatoms. The fourth-order valence-corrected chi connectivity index (χ4v) is 3.75. The van der Waals surface area contributed by atoms with Gasteiger partial charge in [0.25, 0.3) is 0 Å². The minimum atomic E-state index is 0.0769. The van der Waals surface area contributed by atoms with E-state index in [9.17, 15) is 0 Å². The summed E-state index contributed by atoms with van der Waals surface area (Å²) in [5, 5.41) is 2.27. The van der Waals surface area contributed by atoms with E-state index in [1.165, 1.54) is 5.57 Å². The van der Waals surface area contributed by atoms with E-state index in [0.717, 1.165) is 0 Å². The Morgan fingerprint density at radius 1 is 1.05 bits per heavy atom. The molecule has 19 heavy (non-hydrogen) atoms. The second-order valence-corrected chi connectivity index (χ2v) is 9.91. The summed E-state index contributed by atoms with van der Waals surface area (Å²) >= 11 is 4.42. The summed E-state index contributed by atoms with van der Waals surface area (Å²) in [6, 6.07) is 0. The molecule has 0 heterocycles. The predicted octanol–water partition coefficient (Wildman–Crippen LogP) is 6.49. The molecule has 0 unspecified atom stereocenters. The van der Waals surface area contributed by atoms with Crippen LogP contribution in [0.25, 0.3) is 0 Å². The van der Waals surface area contributed by atoms with E-state index in [1.54, 1.807) is 0 Å². The summed E-state index contributed by atoms with van der Waals surface area (Å²) in [4.78, 5) is 0.0769. The Balaban J connectivity index is 5.27. The molecule has 0 aliphatic heterocycles. The maximum absolute atomic E-state index is 2.52. The predicted molar refractivity (Wildman–Crippen MR) is 99.7 cm³/mol. The summed E-state index contributed by atoms with van der Waals surface area (Å²) < 4.78 is 2.50. The highest BCUT2D eigenvalue weighted by Crippen LogP contribution is 2.48. The Bertz CT molecular complexity index is 326. The molecule has 0 rings (SSSR count). The van der Waals surface area contributed by atoms with Crippen molar-refractivity contribution in [2.75, 3.05) is 0 Å². The molecule has 0 aromatic carbocycles. The van der Waals surface area contributed by atoms with Crippen molar-refractivity contribution in [1.29, 1.82) is 0 Å². The number of rotatable bonds is 6. The van der Waals surface area contributed by atoms with Crippen LogP contribution in [0.4, 0.5) is 0 Å². The van der Waals surface area contributed by atoms with Gasteiger partial charge in [-0.15, -0.1) is 11.8 Å². The number of halogens is 1. The minimum absolute atomic E-state index is 0.0769. The lowest BCUT2D eigenvalue weighted by atomic mass is 9.67. The van der Waals surface area contributed by atoms with Crippen molar-refractivity contribution in [2.24, 2.45) is 11.3 Å². The largest absolute Gasteiger partial charge is 0.226 e. The van der Waals surface area contributed by atoms with Crippen LogP contribution in [0, 0.1) is 11.3 Å². The number of allylic oxidation sites excluding steroid dienone is 1. The van der Waals surface area contributed by atoms with Crippen molar-refractivity contribution in [1.82, 2.24) is 3.11 Å². The van der Waals surface area contributed by atoms with Gasteiger partial charge in [0.05, 0.1) is 4.87 Å². The molecule has 1 nitrogen and oxygen atoms in total. The van der Waals surface area contributed by atoms with Crippen molar-refractivity contribution < 1.29 is 0 Å². The zero-order chi connectivity index (χ0) is 15.6. The molecule has 0 amide bonds. The molecule has 0 saturated heterocycles. The summed E-state index contributed by atoms with van der Waals surface area (Å²) in [6.07, 6.45) is 0. The first-order valence-electron chi connectivity index (χ1n) is 7.04. The lowest BCUT2D eigenvalue weighted by molar-refractivity contribution is 0.0319. The fourth-order valence-electron chi connectivity index (χ4n) is 1.94. The van der Waals surface area contributed by atoms with Crippen LogP contribution >= 0.6 is 34.6 Å². The normalized spacial score (nSPS) is 14.2. The third kappa shape index (κ3) is 4.63. The van der Waals surface area contributed by atoms with Gasteiger partial charge in [0.15, 0.2) is 0 Å². The van der Waals surface area contributed by atoms with E-state index in [2.05, 4.69) is 101 Å². The highest BCUT2D eigenvalue weighted by atomic mass is 127. The minimum Gasteiger partial charge on any atom is -0.226 e. The first-order valence-corrected chi connectivity index (χ1v) is 8.88. The molecule has 0 saturated carbocycles. The van der Waals surface area contributed by atoms with Gasteiger partial charge in [-0.2, -0.15) is 0 Å². The molecule has 114 valence electrons. The molecule has 0 aliphatic rings. The number of thioether (sulfide) groups is 1. The lowest BCUT2D eigenvalue weighted by Crippen LogP contribution is -2.57. The monoisotopic (exact) mass is 397 g/mol. The molecular formula is C16H32INS. The summed E-state index contributed by atoms with van der Waals surface area (Å²) in [5.41, 5.74) is 1.73. The van der Waals surface area contributed by atoms with E-state index in [4.69, 9.17) is 0 Å². The van der Waals surface area contributed by atoms with Gasteiger partial charge in [0.1, 0.15) is 0 Å². The van der Waals surface area contributed by atoms with Crippen LogP contribution < -0.4 is 0 Å². The van der Waals surface area contributed by atoms with Gasteiger partial charge in [-0.25, -0.2) is 3.11 Å². The quantitative estimate of drug-likeness (QED) is 0.286. The smallest absolute Gasteiger partial charge is 0.0749 e. The summed E-state index contributed by atoms with van der Waals surface area (Å²) in [5.74, 6) is 0.643. The second-order valence-electron chi connectivity index (χ2n) is 7.48. The Labute approximate surface area is 139 Å². The highest BCUT2D eigenvalue weighted by molar-refractivity contribution is 14.1. The van der Waals surface area contributed by atoms with Crippen LogP contribution in [0.5, 0.6) is 0 Å². The van der Waals surface area contributed by atoms with Gasteiger partial charge in [-0.1, -0.05) is 33.3 Å². The molecule has 0 bridgehead atoms. The Morgan fingerprint density at radius 3 is 1.79 bits per heavy atom. The van der Waals surface area contributed by atoms with E-state index < -0.39 is 0 Å². The van der Waals surface area contributed by atoms with E-state index in [0.29, 0.717) is 5.92 Å². The van der Waals surface area contributed by atoms with Gasteiger partial charge >= 0.3 is 0 Å². The van der Waals surface area contributed by atoms with Gasteiger partial charge < -0.3 is 0 Å². The zero-order valence-electron chi connectivity index (χ0n) is 14.4. The molecule has 0 radical (unpaired) electrons. The maximum Gasteiger partial charge on any atom is 0.0749 e. The third-order valence-electron chi connectivity index (χ3n) is 4.57. The van der Waals surface area contributed by atoms with Crippen LogP contribution in [0.2, 0.25) is 0 Å². The fraction of sp³-hybridized carbons (Fsp3) is 0.875. The standard InChI is InChI=1S/C16H32INS/c1-12(2)11-19-16(9,10)18(17)15(7,8)14(5,6)13(3)4/h11,13H,1-10H3. The molecule has 0 atom stereocenters. The van der Waals surface area contributed by atoms with Gasteiger partial charge in [0.2, 0.25) is 0 Å². The van der Waals surface area contributed by atoms with Crippen LogP contribution in [-0.4, -0.2) is 13.5 Å². The summed E-state index contributed by atoms with van der Waals surface area (Å²) in [7, 11) is 0. The van der Waals surface area contributed by atoms with Crippen LogP contribution in [0.3, 0.4) is 0 Å². The Hall–Kier alpha value is 0.780. The second kappa shape index (κ2) is 6.69. The third-order valence-corrected chi connectivity index (χ3v) is 8.65. The first-order chi connectivity index (χ1) is 8.26. The summed E-state index contributed by atoms with van der Waals surface area (Å²) in [6.45, 7) is 23.1.